The van der Waals surface area contributed by atoms with E-state index in [-0.39, 0.29) is 0 Å². The minimum absolute atomic E-state index is 0.907. The molecular weight excluding hydrogens is 132 g/mol. The van der Waals surface area contributed by atoms with E-state index in [1.165, 1.54) is 19.3 Å². The molecule has 0 aliphatic heterocycles. The molecule has 0 aromatic rings. The van der Waals surface area contributed by atoms with Crippen molar-refractivity contribution in [3.8, 4) is 0 Å². The van der Waals surface area contributed by atoms with Gasteiger partial charge in [-0.3, -0.25) is 0 Å². The summed E-state index contributed by atoms with van der Waals surface area (Å²) in [5, 5.41) is 0. The maximum absolute atomic E-state index is 2.55. The maximum atomic E-state index is 2.55. The first-order chi connectivity index (χ1) is 5.38. The molecule has 0 N–H and O–H groups in total. The van der Waals surface area contributed by atoms with Gasteiger partial charge in [0, 0.05) is 5.92 Å². The van der Waals surface area contributed by atoms with Crippen LogP contribution in [-0.2, 0) is 0 Å². The summed E-state index contributed by atoms with van der Waals surface area (Å²) < 4.78 is 0. The van der Waals surface area contributed by atoms with Crippen molar-refractivity contribution in [2.45, 2.75) is 26.2 Å². The van der Waals surface area contributed by atoms with Crippen LogP contribution in [0.15, 0.2) is 23.3 Å². The standard InChI is InChI=1S/C11H14/c1-2-7-3-8-5-10-6-9(4-7)11(8)10/h3,6-7,9,11H,2,4-5H2,1H3/t7-,9?,11?/m1/s1. The van der Waals surface area contributed by atoms with Gasteiger partial charge in [-0.2, -0.15) is 0 Å². The Morgan fingerprint density at radius 2 is 2.18 bits per heavy atom. The lowest BCUT2D eigenvalue weighted by molar-refractivity contribution is 0.288. The van der Waals surface area contributed by atoms with Crippen molar-refractivity contribution in [3.05, 3.63) is 23.3 Å². The second-order valence-corrected chi connectivity index (χ2v) is 4.21. The smallest absolute Gasteiger partial charge is 0.00767 e. The van der Waals surface area contributed by atoms with E-state index < -0.39 is 0 Å². The Kier molecular flexibility index (Phi) is 0.988. The molecule has 2 unspecified atom stereocenters. The van der Waals surface area contributed by atoms with Gasteiger partial charge in [0.2, 0.25) is 0 Å². The highest BCUT2D eigenvalue weighted by molar-refractivity contribution is 5.47. The Morgan fingerprint density at radius 1 is 1.36 bits per heavy atom. The molecule has 0 aromatic carbocycles. The first-order valence-electron chi connectivity index (χ1n) is 4.79. The summed E-state index contributed by atoms with van der Waals surface area (Å²) in [5.74, 6) is 2.82. The van der Waals surface area contributed by atoms with Gasteiger partial charge in [0.05, 0.1) is 0 Å². The molecule has 1 saturated carbocycles. The summed E-state index contributed by atoms with van der Waals surface area (Å²) in [7, 11) is 0. The van der Waals surface area contributed by atoms with Crippen LogP contribution in [0.5, 0.6) is 0 Å². The monoisotopic (exact) mass is 146 g/mol. The highest BCUT2D eigenvalue weighted by atomic mass is 14.5. The van der Waals surface area contributed by atoms with Crippen molar-refractivity contribution in [1.29, 1.82) is 0 Å². The van der Waals surface area contributed by atoms with E-state index in [0.717, 1.165) is 17.8 Å². The highest BCUT2D eigenvalue weighted by Gasteiger charge is 2.45. The Balaban J connectivity index is 1.93. The minimum atomic E-state index is 0.907. The van der Waals surface area contributed by atoms with Crippen LogP contribution in [0.1, 0.15) is 26.2 Å². The molecule has 0 nitrogen and oxygen atoms in total. The van der Waals surface area contributed by atoms with E-state index in [9.17, 15) is 0 Å². The zero-order valence-corrected chi connectivity index (χ0v) is 7.01. The molecule has 3 aliphatic rings. The lowest BCUT2D eigenvalue weighted by Gasteiger charge is -2.51. The third-order valence-corrected chi connectivity index (χ3v) is 3.61. The third-order valence-electron chi connectivity index (χ3n) is 3.61. The molecule has 0 heteroatoms. The van der Waals surface area contributed by atoms with Gasteiger partial charge in [0.25, 0.3) is 0 Å². The highest BCUT2D eigenvalue weighted by Crippen LogP contribution is 2.57. The fourth-order valence-corrected chi connectivity index (χ4v) is 2.90. The van der Waals surface area contributed by atoms with Crippen molar-refractivity contribution >= 4 is 0 Å². The predicted octanol–water partition coefficient (Wildman–Crippen LogP) is 2.92. The van der Waals surface area contributed by atoms with Crippen molar-refractivity contribution in [3.63, 3.8) is 0 Å². The summed E-state index contributed by atoms with van der Waals surface area (Å²) >= 11 is 0. The summed E-state index contributed by atoms with van der Waals surface area (Å²) in [6.07, 6.45) is 9.18. The molecule has 0 heterocycles. The van der Waals surface area contributed by atoms with Gasteiger partial charge >= 0.3 is 0 Å². The molecule has 0 spiro atoms. The van der Waals surface area contributed by atoms with Crippen LogP contribution in [-0.4, -0.2) is 0 Å². The van der Waals surface area contributed by atoms with E-state index in [4.69, 9.17) is 0 Å². The first-order valence-corrected chi connectivity index (χ1v) is 4.79. The Hall–Kier alpha value is -0.520. The van der Waals surface area contributed by atoms with E-state index in [1.54, 1.807) is 11.1 Å². The molecule has 11 heavy (non-hydrogen) atoms. The summed E-state index contributed by atoms with van der Waals surface area (Å²) in [4.78, 5) is 0. The topological polar surface area (TPSA) is 0 Å². The zero-order chi connectivity index (χ0) is 7.42. The quantitative estimate of drug-likeness (QED) is 0.499. The number of hydrogen-bond acceptors (Lipinski definition) is 0. The fraction of sp³-hybridized carbons (Fsp3) is 0.636. The van der Waals surface area contributed by atoms with E-state index in [0.29, 0.717) is 0 Å². The van der Waals surface area contributed by atoms with Crippen molar-refractivity contribution in [1.82, 2.24) is 0 Å². The largest absolute Gasteiger partial charge is 0.0813 e. The van der Waals surface area contributed by atoms with Crippen LogP contribution in [0, 0.1) is 17.8 Å². The van der Waals surface area contributed by atoms with Gasteiger partial charge in [-0.15, -0.1) is 0 Å². The Bertz CT molecular complexity index is 257. The lowest BCUT2D eigenvalue weighted by atomic mass is 9.53. The lowest BCUT2D eigenvalue weighted by Crippen LogP contribution is -2.39. The average Bonchev–Trinajstić information content (AvgIpc) is 1.92. The fourth-order valence-electron chi connectivity index (χ4n) is 2.90. The normalized spacial score (nSPS) is 44.6. The average molecular weight is 146 g/mol. The Labute approximate surface area is 68.0 Å². The van der Waals surface area contributed by atoms with Crippen LogP contribution in [0.4, 0.5) is 0 Å². The molecule has 0 bridgehead atoms. The SMILES string of the molecule is CC[C@@H]1C=C2CC3=CC(C1)C32. The summed E-state index contributed by atoms with van der Waals surface area (Å²) in [5.41, 5.74) is 3.52. The molecule has 3 atom stereocenters. The second-order valence-electron chi connectivity index (χ2n) is 4.21. The molecule has 1 fully saturated rings. The van der Waals surface area contributed by atoms with Crippen LogP contribution >= 0.6 is 0 Å². The molecule has 0 aromatic heterocycles. The van der Waals surface area contributed by atoms with Crippen LogP contribution in [0.25, 0.3) is 0 Å². The number of rotatable bonds is 1. The van der Waals surface area contributed by atoms with Gasteiger partial charge < -0.3 is 0 Å². The van der Waals surface area contributed by atoms with Gasteiger partial charge in [0.15, 0.2) is 0 Å². The minimum Gasteiger partial charge on any atom is -0.0813 e. The summed E-state index contributed by atoms with van der Waals surface area (Å²) in [6, 6.07) is 0. The van der Waals surface area contributed by atoms with Crippen molar-refractivity contribution in [2.75, 3.05) is 0 Å². The van der Waals surface area contributed by atoms with Gasteiger partial charge in [-0.1, -0.05) is 30.2 Å². The number of hydrogen-bond donors (Lipinski definition) is 0. The second kappa shape index (κ2) is 1.80. The molecule has 0 saturated heterocycles. The third kappa shape index (κ3) is 0.610. The van der Waals surface area contributed by atoms with E-state index >= 15 is 0 Å². The molecule has 58 valence electrons. The number of allylic oxidation sites excluding steroid dienone is 4. The molecule has 3 rings (SSSR count). The van der Waals surface area contributed by atoms with E-state index in [1.807, 2.05) is 0 Å². The van der Waals surface area contributed by atoms with Crippen LogP contribution in [0.2, 0.25) is 0 Å². The van der Waals surface area contributed by atoms with Crippen LogP contribution in [0.3, 0.4) is 0 Å². The Morgan fingerprint density at radius 3 is 2.82 bits per heavy atom. The molecule has 3 aliphatic carbocycles. The van der Waals surface area contributed by atoms with Gasteiger partial charge in [0.1, 0.15) is 0 Å². The first kappa shape index (κ1) is 6.05. The summed E-state index contributed by atoms with van der Waals surface area (Å²) in [6.45, 7) is 2.31. The zero-order valence-electron chi connectivity index (χ0n) is 7.01. The predicted molar refractivity (Wildman–Crippen MR) is 46.2 cm³/mol. The molecular formula is C11H14. The molecule has 0 amide bonds. The van der Waals surface area contributed by atoms with Gasteiger partial charge in [-0.05, 0) is 31.1 Å². The van der Waals surface area contributed by atoms with E-state index in [2.05, 4.69) is 19.1 Å². The van der Waals surface area contributed by atoms with Crippen molar-refractivity contribution in [2.24, 2.45) is 17.8 Å². The van der Waals surface area contributed by atoms with Crippen LogP contribution < -0.4 is 0 Å². The molecule has 0 radical (unpaired) electrons. The maximum Gasteiger partial charge on any atom is 0.00767 e. The van der Waals surface area contributed by atoms with Gasteiger partial charge in [-0.25, -0.2) is 0 Å². The van der Waals surface area contributed by atoms with Crippen molar-refractivity contribution < 1.29 is 0 Å².